The van der Waals surface area contributed by atoms with Crippen molar-refractivity contribution in [2.75, 3.05) is 21.3 Å². The maximum absolute atomic E-state index is 11.5. The summed E-state index contributed by atoms with van der Waals surface area (Å²) in [6.45, 7) is 0. The molecular formula is C12H17NO4. The largest absolute Gasteiger partial charge is 0.497 e. The molecule has 0 aliphatic rings. The van der Waals surface area contributed by atoms with Crippen LogP contribution in [-0.2, 0) is 9.63 Å². The summed E-state index contributed by atoms with van der Waals surface area (Å²) < 4.78 is 5.01. The number of hydrogen-bond acceptors (Lipinski definition) is 4. The number of methoxy groups -OCH3 is 1. The lowest BCUT2D eigenvalue weighted by atomic mass is 10.1. The van der Waals surface area contributed by atoms with Crippen molar-refractivity contribution < 1.29 is 19.5 Å². The molecule has 1 atom stereocenters. The molecule has 0 radical (unpaired) electrons. The van der Waals surface area contributed by atoms with E-state index in [1.54, 1.807) is 31.4 Å². The third kappa shape index (κ3) is 3.72. The lowest BCUT2D eigenvalue weighted by molar-refractivity contribution is -0.170. The van der Waals surface area contributed by atoms with Gasteiger partial charge in [-0.1, -0.05) is 12.1 Å². The van der Waals surface area contributed by atoms with Gasteiger partial charge in [-0.3, -0.25) is 9.63 Å². The maximum Gasteiger partial charge on any atom is 0.248 e. The monoisotopic (exact) mass is 239 g/mol. The van der Waals surface area contributed by atoms with Gasteiger partial charge in [0.1, 0.15) is 5.75 Å². The number of carbonyl (C=O) groups is 1. The second kappa shape index (κ2) is 6.22. The van der Waals surface area contributed by atoms with Crippen molar-refractivity contribution >= 4 is 5.91 Å². The predicted octanol–water partition coefficient (Wildman–Crippen LogP) is 1.14. The van der Waals surface area contributed by atoms with Gasteiger partial charge < -0.3 is 9.84 Å². The number of benzene rings is 1. The van der Waals surface area contributed by atoms with Gasteiger partial charge in [-0.2, -0.15) is 0 Å². The minimum absolute atomic E-state index is 0.0172. The molecule has 1 N–H and O–H groups in total. The van der Waals surface area contributed by atoms with Gasteiger partial charge in [0.05, 0.1) is 26.7 Å². The Bertz CT molecular complexity index is 363. The Hall–Kier alpha value is -1.59. The number of ether oxygens (including phenoxy) is 1. The van der Waals surface area contributed by atoms with Crippen molar-refractivity contribution in [3.63, 3.8) is 0 Å². The molecule has 0 saturated carbocycles. The number of hydrogen-bond donors (Lipinski definition) is 1. The first-order valence-electron chi connectivity index (χ1n) is 5.21. The molecule has 1 aromatic rings. The van der Waals surface area contributed by atoms with E-state index in [-0.39, 0.29) is 12.3 Å². The van der Waals surface area contributed by atoms with Crippen LogP contribution in [0.15, 0.2) is 24.3 Å². The fourth-order valence-electron chi connectivity index (χ4n) is 1.34. The second-order valence-corrected chi connectivity index (χ2v) is 3.57. The fraction of sp³-hybridized carbons (Fsp3) is 0.417. The van der Waals surface area contributed by atoms with Crippen LogP contribution in [0.5, 0.6) is 5.75 Å². The molecule has 0 bridgehead atoms. The highest BCUT2D eigenvalue weighted by atomic mass is 16.7. The van der Waals surface area contributed by atoms with Crippen molar-refractivity contribution in [1.82, 2.24) is 5.06 Å². The van der Waals surface area contributed by atoms with Gasteiger partial charge in [-0.15, -0.1) is 0 Å². The van der Waals surface area contributed by atoms with Crippen LogP contribution in [0.3, 0.4) is 0 Å². The van der Waals surface area contributed by atoms with Gasteiger partial charge in [-0.05, 0) is 17.7 Å². The van der Waals surface area contributed by atoms with Crippen molar-refractivity contribution in [3.05, 3.63) is 29.8 Å². The minimum atomic E-state index is -0.842. The predicted molar refractivity (Wildman–Crippen MR) is 62.3 cm³/mol. The quantitative estimate of drug-likeness (QED) is 0.783. The zero-order chi connectivity index (χ0) is 12.8. The summed E-state index contributed by atoms with van der Waals surface area (Å²) in [5.41, 5.74) is 0.670. The Morgan fingerprint density at radius 2 is 1.94 bits per heavy atom. The smallest absolute Gasteiger partial charge is 0.248 e. The summed E-state index contributed by atoms with van der Waals surface area (Å²) in [6.07, 6.45) is -0.859. The van der Waals surface area contributed by atoms with Gasteiger partial charge in [-0.25, -0.2) is 5.06 Å². The van der Waals surface area contributed by atoms with Crippen molar-refractivity contribution in [2.45, 2.75) is 12.5 Å². The Morgan fingerprint density at radius 1 is 1.35 bits per heavy atom. The van der Waals surface area contributed by atoms with Crippen LogP contribution in [0.4, 0.5) is 0 Å². The van der Waals surface area contributed by atoms with Gasteiger partial charge in [0.25, 0.3) is 0 Å². The van der Waals surface area contributed by atoms with E-state index in [9.17, 15) is 9.90 Å². The molecule has 94 valence electrons. The van der Waals surface area contributed by atoms with Gasteiger partial charge in [0, 0.05) is 7.05 Å². The highest BCUT2D eigenvalue weighted by Gasteiger charge is 2.16. The van der Waals surface area contributed by atoms with E-state index in [1.807, 2.05) is 0 Å². The third-order valence-electron chi connectivity index (χ3n) is 2.49. The van der Waals surface area contributed by atoms with Gasteiger partial charge in [0.2, 0.25) is 5.91 Å². The lowest BCUT2D eigenvalue weighted by Gasteiger charge is -2.16. The first-order valence-corrected chi connectivity index (χ1v) is 5.21. The molecule has 0 aliphatic heterocycles. The first-order chi connectivity index (χ1) is 8.08. The van der Waals surface area contributed by atoms with Crippen LogP contribution in [0.2, 0.25) is 0 Å². The molecule has 1 amide bonds. The van der Waals surface area contributed by atoms with E-state index >= 15 is 0 Å². The van der Waals surface area contributed by atoms with E-state index in [2.05, 4.69) is 0 Å². The second-order valence-electron chi connectivity index (χ2n) is 3.57. The highest BCUT2D eigenvalue weighted by Crippen LogP contribution is 2.20. The lowest BCUT2D eigenvalue weighted by Crippen LogP contribution is -2.26. The topological polar surface area (TPSA) is 59.0 Å². The summed E-state index contributed by atoms with van der Waals surface area (Å²) in [5.74, 6) is 0.428. The van der Waals surface area contributed by atoms with Crippen LogP contribution in [0.1, 0.15) is 18.1 Å². The molecule has 0 fully saturated rings. The average molecular weight is 239 g/mol. The Labute approximate surface area is 101 Å². The molecule has 17 heavy (non-hydrogen) atoms. The van der Waals surface area contributed by atoms with Crippen LogP contribution in [-0.4, -0.2) is 37.3 Å². The van der Waals surface area contributed by atoms with Crippen molar-refractivity contribution in [3.8, 4) is 5.75 Å². The third-order valence-corrected chi connectivity index (χ3v) is 2.49. The van der Waals surface area contributed by atoms with E-state index in [4.69, 9.17) is 9.57 Å². The summed E-state index contributed by atoms with van der Waals surface area (Å²) in [6, 6.07) is 6.93. The van der Waals surface area contributed by atoms with Crippen LogP contribution in [0, 0.1) is 0 Å². The van der Waals surface area contributed by atoms with Crippen LogP contribution in [0.25, 0.3) is 0 Å². The molecule has 0 spiro atoms. The number of rotatable bonds is 5. The number of aliphatic hydroxyl groups is 1. The van der Waals surface area contributed by atoms with Crippen molar-refractivity contribution in [2.24, 2.45) is 0 Å². The number of hydroxylamine groups is 2. The SMILES string of the molecule is COc1ccc([C@@H](O)CC(=O)N(C)OC)cc1. The summed E-state index contributed by atoms with van der Waals surface area (Å²) in [5, 5.41) is 10.9. The summed E-state index contributed by atoms with van der Waals surface area (Å²) in [7, 11) is 4.48. The minimum Gasteiger partial charge on any atom is -0.497 e. The molecule has 5 nitrogen and oxygen atoms in total. The van der Waals surface area contributed by atoms with E-state index in [1.165, 1.54) is 14.2 Å². The average Bonchev–Trinajstić information content (AvgIpc) is 2.37. The zero-order valence-corrected chi connectivity index (χ0v) is 10.2. The molecule has 5 heteroatoms. The molecule has 1 rings (SSSR count). The van der Waals surface area contributed by atoms with Crippen LogP contribution >= 0.6 is 0 Å². The molecule has 0 aromatic heterocycles. The Morgan fingerprint density at radius 3 is 2.41 bits per heavy atom. The first kappa shape index (κ1) is 13.5. The maximum atomic E-state index is 11.5. The van der Waals surface area contributed by atoms with Crippen LogP contribution < -0.4 is 4.74 Å². The Balaban J connectivity index is 2.63. The summed E-state index contributed by atoms with van der Waals surface area (Å²) >= 11 is 0. The molecule has 1 aromatic carbocycles. The standard InChI is InChI=1S/C12H17NO4/c1-13(17-3)12(15)8-11(14)9-4-6-10(16-2)7-5-9/h4-7,11,14H,8H2,1-3H3/t11-/m0/s1. The molecule has 0 aliphatic carbocycles. The normalized spacial score (nSPS) is 12.0. The molecular weight excluding hydrogens is 222 g/mol. The molecule has 0 unspecified atom stereocenters. The number of amides is 1. The van der Waals surface area contributed by atoms with E-state index < -0.39 is 6.10 Å². The van der Waals surface area contributed by atoms with Gasteiger partial charge >= 0.3 is 0 Å². The Kier molecular flexibility index (Phi) is 4.93. The zero-order valence-electron chi connectivity index (χ0n) is 10.2. The molecule has 0 saturated heterocycles. The van der Waals surface area contributed by atoms with Crippen molar-refractivity contribution in [1.29, 1.82) is 0 Å². The number of nitrogens with zero attached hydrogens (tertiary/aromatic N) is 1. The van der Waals surface area contributed by atoms with Gasteiger partial charge in [0.15, 0.2) is 0 Å². The number of carbonyl (C=O) groups excluding carboxylic acids is 1. The fourth-order valence-corrected chi connectivity index (χ4v) is 1.34. The summed E-state index contributed by atoms with van der Waals surface area (Å²) in [4.78, 5) is 16.2. The highest BCUT2D eigenvalue weighted by molar-refractivity contribution is 5.75. The molecule has 0 heterocycles. The van der Waals surface area contributed by atoms with E-state index in [0.717, 1.165) is 5.06 Å². The van der Waals surface area contributed by atoms with E-state index in [0.29, 0.717) is 11.3 Å². The number of aliphatic hydroxyl groups excluding tert-OH is 1.